The second-order valence-electron chi connectivity index (χ2n) is 3.68. The monoisotopic (exact) mass is 213 g/mol. The van der Waals surface area contributed by atoms with E-state index < -0.39 is 0 Å². The summed E-state index contributed by atoms with van der Waals surface area (Å²) in [6, 6.07) is 15.3. The van der Waals surface area contributed by atoms with Gasteiger partial charge in [-0.05, 0) is 42.3 Å². The van der Waals surface area contributed by atoms with Crippen molar-refractivity contribution in [1.29, 1.82) is 0 Å². The van der Waals surface area contributed by atoms with Gasteiger partial charge < -0.3 is 10.4 Å². The molecule has 0 amide bonds. The highest BCUT2D eigenvalue weighted by Gasteiger charge is 1.99. The van der Waals surface area contributed by atoms with Crippen LogP contribution in [0.1, 0.15) is 12.5 Å². The van der Waals surface area contributed by atoms with Crippen molar-refractivity contribution in [2.75, 3.05) is 5.32 Å². The van der Waals surface area contributed by atoms with Gasteiger partial charge in [-0.3, -0.25) is 0 Å². The summed E-state index contributed by atoms with van der Waals surface area (Å²) in [5, 5.41) is 12.5. The Balaban J connectivity index is 2.23. The van der Waals surface area contributed by atoms with E-state index in [2.05, 4.69) is 24.4 Å². The molecule has 2 nitrogen and oxygen atoms in total. The number of aryl methyl sites for hydroxylation is 1. The summed E-state index contributed by atoms with van der Waals surface area (Å²) in [4.78, 5) is 0. The van der Waals surface area contributed by atoms with Crippen LogP contribution in [0, 0.1) is 0 Å². The molecule has 0 saturated heterocycles. The third-order valence-corrected chi connectivity index (χ3v) is 2.54. The van der Waals surface area contributed by atoms with Crippen molar-refractivity contribution in [3.8, 4) is 5.75 Å². The van der Waals surface area contributed by atoms with E-state index in [4.69, 9.17) is 0 Å². The van der Waals surface area contributed by atoms with Crippen LogP contribution in [0.5, 0.6) is 5.75 Å². The minimum Gasteiger partial charge on any atom is -0.508 e. The van der Waals surface area contributed by atoms with E-state index >= 15 is 0 Å². The zero-order chi connectivity index (χ0) is 11.4. The standard InChI is InChI=1S/C14H15NO/c1-2-11-5-3-4-6-14(11)15-12-7-9-13(16)10-8-12/h3-10,15-16H,2H2,1H3. The fourth-order valence-corrected chi connectivity index (χ4v) is 1.65. The number of rotatable bonds is 3. The smallest absolute Gasteiger partial charge is 0.115 e. The van der Waals surface area contributed by atoms with Gasteiger partial charge in [0.15, 0.2) is 0 Å². The van der Waals surface area contributed by atoms with Crippen molar-refractivity contribution in [2.24, 2.45) is 0 Å². The Morgan fingerprint density at radius 1 is 1.00 bits per heavy atom. The van der Waals surface area contributed by atoms with Crippen molar-refractivity contribution < 1.29 is 5.11 Å². The molecule has 0 heterocycles. The normalized spacial score (nSPS) is 10.1. The molecule has 2 aromatic carbocycles. The summed E-state index contributed by atoms with van der Waals surface area (Å²) in [5.41, 5.74) is 3.39. The van der Waals surface area contributed by atoms with E-state index in [0.29, 0.717) is 0 Å². The van der Waals surface area contributed by atoms with Crippen molar-refractivity contribution in [2.45, 2.75) is 13.3 Å². The van der Waals surface area contributed by atoms with Gasteiger partial charge in [-0.2, -0.15) is 0 Å². The summed E-state index contributed by atoms with van der Waals surface area (Å²) >= 11 is 0. The van der Waals surface area contributed by atoms with Gasteiger partial charge in [-0.1, -0.05) is 25.1 Å². The number of phenolic OH excluding ortho intramolecular Hbond substituents is 1. The molecule has 0 aromatic heterocycles. The second kappa shape index (κ2) is 4.71. The first kappa shape index (κ1) is 10.6. The van der Waals surface area contributed by atoms with Gasteiger partial charge in [0.2, 0.25) is 0 Å². The topological polar surface area (TPSA) is 32.3 Å². The fraction of sp³-hybridized carbons (Fsp3) is 0.143. The SMILES string of the molecule is CCc1ccccc1Nc1ccc(O)cc1. The highest BCUT2D eigenvalue weighted by atomic mass is 16.3. The van der Waals surface area contributed by atoms with E-state index in [1.54, 1.807) is 12.1 Å². The molecule has 0 atom stereocenters. The zero-order valence-electron chi connectivity index (χ0n) is 9.27. The zero-order valence-corrected chi connectivity index (χ0v) is 9.27. The van der Waals surface area contributed by atoms with Crippen molar-refractivity contribution in [3.05, 3.63) is 54.1 Å². The Labute approximate surface area is 95.6 Å². The Hall–Kier alpha value is -1.96. The van der Waals surface area contributed by atoms with Crippen molar-refractivity contribution in [3.63, 3.8) is 0 Å². The molecule has 16 heavy (non-hydrogen) atoms. The molecule has 2 N–H and O–H groups in total. The van der Waals surface area contributed by atoms with Gasteiger partial charge in [-0.15, -0.1) is 0 Å². The summed E-state index contributed by atoms with van der Waals surface area (Å²) in [7, 11) is 0. The molecular weight excluding hydrogens is 198 g/mol. The quantitative estimate of drug-likeness (QED) is 0.762. The average molecular weight is 213 g/mol. The van der Waals surface area contributed by atoms with E-state index in [9.17, 15) is 5.11 Å². The molecular formula is C14H15NO. The lowest BCUT2D eigenvalue weighted by Crippen LogP contribution is -1.94. The molecule has 2 aromatic rings. The maximum absolute atomic E-state index is 9.20. The highest BCUT2D eigenvalue weighted by Crippen LogP contribution is 2.22. The van der Waals surface area contributed by atoms with Crippen LogP contribution < -0.4 is 5.32 Å². The largest absolute Gasteiger partial charge is 0.508 e. The van der Waals surface area contributed by atoms with Gasteiger partial charge >= 0.3 is 0 Å². The van der Waals surface area contributed by atoms with Gasteiger partial charge in [0.25, 0.3) is 0 Å². The lowest BCUT2D eigenvalue weighted by Gasteiger charge is -2.10. The van der Waals surface area contributed by atoms with Crippen LogP contribution in [-0.2, 0) is 6.42 Å². The summed E-state index contributed by atoms with van der Waals surface area (Å²) in [6.45, 7) is 2.14. The maximum atomic E-state index is 9.20. The molecule has 0 fully saturated rings. The Bertz CT molecular complexity index is 462. The van der Waals surface area contributed by atoms with E-state index in [0.717, 1.165) is 17.8 Å². The third-order valence-electron chi connectivity index (χ3n) is 2.54. The number of aromatic hydroxyl groups is 1. The molecule has 2 heteroatoms. The summed E-state index contributed by atoms with van der Waals surface area (Å²) < 4.78 is 0. The molecule has 0 spiro atoms. The molecule has 82 valence electrons. The number of hydrogen-bond donors (Lipinski definition) is 2. The number of para-hydroxylation sites is 1. The predicted molar refractivity (Wildman–Crippen MR) is 67.2 cm³/mol. The number of nitrogens with one attached hydrogen (secondary N) is 1. The molecule has 0 bridgehead atoms. The van der Waals surface area contributed by atoms with E-state index in [-0.39, 0.29) is 5.75 Å². The van der Waals surface area contributed by atoms with Crippen LogP contribution in [0.25, 0.3) is 0 Å². The lowest BCUT2D eigenvalue weighted by molar-refractivity contribution is 0.475. The van der Waals surface area contributed by atoms with Crippen LogP contribution in [0.2, 0.25) is 0 Å². The first-order chi connectivity index (χ1) is 7.79. The summed E-state index contributed by atoms with van der Waals surface area (Å²) in [6.07, 6.45) is 1.00. The molecule has 0 radical (unpaired) electrons. The molecule has 0 unspecified atom stereocenters. The van der Waals surface area contributed by atoms with Gasteiger partial charge in [-0.25, -0.2) is 0 Å². The van der Waals surface area contributed by atoms with Crippen LogP contribution in [-0.4, -0.2) is 5.11 Å². The third kappa shape index (κ3) is 2.34. The second-order valence-corrected chi connectivity index (χ2v) is 3.68. The number of benzene rings is 2. The number of anilines is 2. The van der Waals surface area contributed by atoms with Crippen LogP contribution in [0.4, 0.5) is 11.4 Å². The molecule has 0 aliphatic carbocycles. The van der Waals surface area contributed by atoms with Gasteiger partial charge in [0.05, 0.1) is 0 Å². The molecule has 0 aliphatic heterocycles. The Morgan fingerprint density at radius 2 is 1.69 bits per heavy atom. The van der Waals surface area contributed by atoms with Crippen molar-refractivity contribution in [1.82, 2.24) is 0 Å². The van der Waals surface area contributed by atoms with Crippen LogP contribution >= 0.6 is 0 Å². The maximum Gasteiger partial charge on any atom is 0.115 e. The minimum absolute atomic E-state index is 0.286. The number of phenols is 1. The average Bonchev–Trinajstić information content (AvgIpc) is 2.33. The first-order valence-corrected chi connectivity index (χ1v) is 5.43. The first-order valence-electron chi connectivity index (χ1n) is 5.43. The molecule has 0 saturated carbocycles. The summed E-state index contributed by atoms with van der Waals surface area (Å²) in [5.74, 6) is 0.286. The Kier molecular flexibility index (Phi) is 3.10. The fourth-order valence-electron chi connectivity index (χ4n) is 1.65. The van der Waals surface area contributed by atoms with Gasteiger partial charge in [0, 0.05) is 11.4 Å². The van der Waals surface area contributed by atoms with Gasteiger partial charge in [0.1, 0.15) is 5.75 Å². The highest BCUT2D eigenvalue weighted by molar-refractivity contribution is 5.63. The minimum atomic E-state index is 0.286. The van der Waals surface area contributed by atoms with E-state index in [1.807, 2.05) is 24.3 Å². The molecule has 0 aliphatic rings. The molecule has 2 rings (SSSR count). The van der Waals surface area contributed by atoms with Crippen LogP contribution in [0.15, 0.2) is 48.5 Å². The lowest BCUT2D eigenvalue weighted by atomic mass is 10.1. The number of hydrogen-bond acceptors (Lipinski definition) is 2. The predicted octanol–water partition coefficient (Wildman–Crippen LogP) is 3.70. The van der Waals surface area contributed by atoms with Crippen molar-refractivity contribution >= 4 is 11.4 Å². The van der Waals surface area contributed by atoms with Crippen LogP contribution in [0.3, 0.4) is 0 Å². The van der Waals surface area contributed by atoms with E-state index in [1.165, 1.54) is 5.56 Å². The Morgan fingerprint density at radius 3 is 2.38 bits per heavy atom.